The molecule has 1 aliphatic carbocycles. The second-order valence-electron chi connectivity index (χ2n) is 10.5. The third-order valence-electron chi connectivity index (χ3n) is 7.72. The highest BCUT2D eigenvalue weighted by atomic mass is 16.3. The van der Waals surface area contributed by atoms with Crippen LogP contribution in [0.25, 0.3) is 27.8 Å². The van der Waals surface area contributed by atoms with Crippen molar-refractivity contribution in [1.29, 1.82) is 5.26 Å². The first-order valence-electron chi connectivity index (χ1n) is 12.6. The molecule has 1 unspecified atom stereocenters. The van der Waals surface area contributed by atoms with Crippen molar-refractivity contribution in [2.75, 3.05) is 18.0 Å². The Balaban J connectivity index is 1.22. The summed E-state index contributed by atoms with van der Waals surface area (Å²) in [6.07, 6.45) is 6.36. The molecule has 4 aromatic rings. The number of aliphatic hydroxyl groups is 1. The standard InChI is InChI=1S/C28H29N7O2/c1-16(2)27(36)28(37)32-25-23-14-34(15-24(23)25)21-6-4-17(5-7-21)22-8-18(20-11-30-33(3)12-20)13-35-26(22)19(9-29)10-31-35/h4-8,10-13,16,23-25,27,36H,14-15H2,1-3H3,(H,32,37)/t23-,24+,25+,27?. The Morgan fingerprint density at radius 1 is 1.08 bits per heavy atom. The fourth-order valence-corrected chi connectivity index (χ4v) is 5.51. The number of fused-ring (bicyclic) bond motifs is 2. The molecule has 1 saturated carbocycles. The highest BCUT2D eigenvalue weighted by molar-refractivity contribution is 5.88. The van der Waals surface area contributed by atoms with Crippen LogP contribution in [0.4, 0.5) is 5.69 Å². The van der Waals surface area contributed by atoms with Gasteiger partial charge in [-0.2, -0.15) is 15.5 Å². The molecule has 2 N–H and O–H groups in total. The summed E-state index contributed by atoms with van der Waals surface area (Å²) in [7, 11) is 1.89. The summed E-state index contributed by atoms with van der Waals surface area (Å²) < 4.78 is 3.53. The number of rotatable bonds is 6. The Kier molecular flexibility index (Phi) is 5.50. The third-order valence-corrected chi connectivity index (χ3v) is 7.72. The largest absolute Gasteiger partial charge is 0.383 e. The molecule has 0 radical (unpaired) electrons. The molecule has 1 amide bonds. The van der Waals surface area contributed by atoms with E-state index in [4.69, 9.17) is 0 Å². The molecule has 2 aliphatic rings. The first-order valence-corrected chi connectivity index (χ1v) is 12.6. The van der Waals surface area contributed by atoms with Gasteiger partial charge in [-0.05, 0) is 29.7 Å². The Morgan fingerprint density at radius 3 is 2.43 bits per heavy atom. The van der Waals surface area contributed by atoms with Crippen molar-refractivity contribution in [1.82, 2.24) is 24.7 Å². The Hall–Kier alpha value is -4.16. The zero-order valence-corrected chi connectivity index (χ0v) is 21.0. The van der Waals surface area contributed by atoms with Gasteiger partial charge in [0.2, 0.25) is 5.91 Å². The van der Waals surface area contributed by atoms with Crippen LogP contribution in [0, 0.1) is 29.1 Å². The monoisotopic (exact) mass is 495 g/mol. The summed E-state index contributed by atoms with van der Waals surface area (Å²) in [6.45, 7) is 5.46. The van der Waals surface area contributed by atoms with Crippen molar-refractivity contribution < 1.29 is 9.90 Å². The number of anilines is 1. The maximum Gasteiger partial charge on any atom is 0.249 e. The number of hydrogen-bond donors (Lipinski definition) is 2. The smallest absolute Gasteiger partial charge is 0.249 e. The summed E-state index contributed by atoms with van der Waals surface area (Å²) in [5, 5.41) is 31.4. The number of aliphatic hydroxyl groups excluding tert-OH is 1. The number of piperidine rings is 1. The lowest BCUT2D eigenvalue weighted by atomic mass is 10.00. The van der Waals surface area contributed by atoms with E-state index in [9.17, 15) is 15.2 Å². The highest BCUT2D eigenvalue weighted by Crippen LogP contribution is 2.47. The predicted molar refractivity (Wildman–Crippen MR) is 140 cm³/mol. The molecule has 1 aliphatic heterocycles. The quantitative estimate of drug-likeness (QED) is 0.426. The van der Waals surface area contributed by atoms with Gasteiger partial charge in [-0.3, -0.25) is 9.48 Å². The van der Waals surface area contributed by atoms with Gasteiger partial charge in [-0.1, -0.05) is 26.0 Å². The van der Waals surface area contributed by atoms with Crippen LogP contribution in [-0.2, 0) is 11.8 Å². The molecule has 37 heavy (non-hydrogen) atoms. The third kappa shape index (κ3) is 4.03. The van der Waals surface area contributed by atoms with Gasteiger partial charge in [-0.25, -0.2) is 4.52 Å². The fraction of sp³-hybridized carbons (Fsp3) is 0.357. The Bertz CT molecular complexity index is 1520. The van der Waals surface area contributed by atoms with Crippen molar-refractivity contribution in [3.05, 3.63) is 60.7 Å². The van der Waals surface area contributed by atoms with E-state index >= 15 is 0 Å². The van der Waals surface area contributed by atoms with Gasteiger partial charge in [0.1, 0.15) is 12.2 Å². The van der Waals surface area contributed by atoms with E-state index in [0.717, 1.165) is 46.5 Å². The number of carbonyl (C=O) groups is 1. The minimum Gasteiger partial charge on any atom is -0.383 e. The number of pyridine rings is 1. The van der Waals surface area contributed by atoms with Gasteiger partial charge in [-0.15, -0.1) is 0 Å². The molecule has 6 rings (SSSR count). The van der Waals surface area contributed by atoms with Gasteiger partial charge < -0.3 is 15.3 Å². The average Bonchev–Trinajstić information content (AvgIpc) is 3.36. The van der Waals surface area contributed by atoms with E-state index in [1.54, 1.807) is 15.4 Å². The minimum absolute atomic E-state index is 0.0910. The lowest BCUT2D eigenvalue weighted by Gasteiger charge is -2.23. The maximum atomic E-state index is 12.2. The SMILES string of the molecule is CC(C)C(O)C(=O)N[C@H]1[C@@H]2CN(c3ccc(-c4cc(-c5cnn(C)c5)cn5ncc(C#N)c45)cc3)C[C@@H]21. The van der Waals surface area contributed by atoms with Crippen LogP contribution in [-0.4, -0.2) is 55.6 Å². The molecule has 9 heteroatoms. The number of nitrogens with one attached hydrogen (secondary N) is 1. The number of amides is 1. The summed E-state index contributed by atoms with van der Waals surface area (Å²) in [5.74, 6) is 0.487. The van der Waals surface area contributed by atoms with Gasteiger partial charge in [0.25, 0.3) is 0 Å². The maximum absolute atomic E-state index is 12.2. The molecule has 4 heterocycles. The van der Waals surface area contributed by atoms with Crippen molar-refractivity contribution in [2.45, 2.75) is 26.0 Å². The van der Waals surface area contributed by atoms with Crippen molar-refractivity contribution in [2.24, 2.45) is 24.8 Å². The van der Waals surface area contributed by atoms with E-state index < -0.39 is 6.10 Å². The number of carbonyl (C=O) groups excluding carboxylic acids is 1. The van der Waals surface area contributed by atoms with Gasteiger partial charge in [0.15, 0.2) is 0 Å². The lowest BCUT2D eigenvalue weighted by Crippen LogP contribution is -2.42. The molecule has 1 aromatic carbocycles. The molecule has 4 atom stereocenters. The van der Waals surface area contributed by atoms with Crippen molar-refractivity contribution in [3.63, 3.8) is 0 Å². The van der Waals surface area contributed by atoms with Gasteiger partial charge in [0, 0.05) is 72.8 Å². The molecule has 3 aromatic heterocycles. The fourth-order valence-electron chi connectivity index (χ4n) is 5.51. The van der Waals surface area contributed by atoms with Gasteiger partial charge >= 0.3 is 0 Å². The topological polar surface area (TPSA) is 111 Å². The van der Waals surface area contributed by atoms with Crippen LogP contribution < -0.4 is 10.2 Å². The molecular formula is C28H29N7O2. The van der Waals surface area contributed by atoms with Crippen LogP contribution in [0.1, 0.15) is 19.4 Å². The summed E-state index contributed by atoms with van der Waals surface area (Å²) in [5.41, 5.74) is 6.36. The molecular weight excluding hydrogens is 466 g/mol. The lowest BCUT2D eigenvalue weighted by molar-refractivity contribution is -0.131. The number of nitriles is 1. The van der Waals surface area contributed by atoms with E-state index in [-0.39, 0.29) is 17.9 Å². The molecule has 9 nitrogen and oxygen atoms in total. The van der Waals surface area contributed by atoms with E-state index in [0.29, 0.717) is 17.4 Å². The predicted octanol–water partition coefficient (Wildman–Crippen LogP) is 2.84. The number of hydrogen-bond acceptors (Lipinski definition) is 6. The summed E-state index contributed by atoms with van der Waals surface area (Å²) in [6, 6.07) is 12.9. The molecule has 0 spiro atoms. The average molecular weight is 496 g/mol. The molecule has 1 saturated heterocycles. The van der Waals surface area contributed by atoms with E-state index in [1.807, 2.05) is 39.5 Å². The summed E-state index contributed by atoms with van der Waals surface area (Å²) in [4.78, 5) is 14.6. The Morgan fingerprint density at radius 2 is 1.81 bits per heavy atom. The minimum atomic E-state index is -0.953. The molecule has 2 fully saturated rings. The van der Waals surface area contributed by atoms with Crippen LogP contribution in [0.3, 0.4) is 0 Å². The molecule has 188 valence electrons. The van der Waals surface area contributed by atoms with E-state index in [1.165, 1.54) is 0 Å². The van der Waals surface area contributed by atoms with E-state index in [2.05, 4.69) is 56.8 Å². The second kappa shape index (κ2) is 8.75. The van der Waals surface area contributed by atoms with Crippen LogP contribution in [0.5, 0.6) is 0 Å². The number of aromatic nitrogens is 4. The zero-order valence-electron chi connectivity index (χ0n) is 21.0. The van der Waals surface area contributed by atoms with Gasteiger partial charge in [0.05, 0.1) is 23.5 Å². The zero-order chi connectivity index (χ0) is 25.8. The second-order valence-corrected chi connectivity index (χ2v) is 10.5. The van der Waals surface area contributed by atoms with Crippen LogP contribution in [0.2, 0.25) is 0 Å². The normalized spacial score (nSPS) is 21.2. The number of benzene rings is 1. The number of aryl methyl sites for hydroxylation is 1. The molecule has 0 bridgehead atoms. The highest BCUT2D eigenvalue weighted by Gasteiger charge is 2.56. The Labute approximate surface area is 214 Å². The van der Waals surface area contributed by atoms with Crippen LogP contribution >= 0.6 is 0 Å². The number of nitrogens with zero attached hydrogens (tertiary/aromatic N) is 6. The van der Waals surface area contributed by atoms with Crippen molar-refractivity contribution >= 4 is 17.1 Å². The first kappa shape index (κ1) is 23.3. The van der Waals surface area contributed by atoms with Crippen molar-refractivity contribution in [3.8, 4) is 28.3 Å². The first-order chi connectivity index (χ1) is 17.8. The summed E-state index contributed by atoms with van der Waals surface area (Å²) >= 11 is 0. The van der Waals surface area contributed by atoms with Crippen LogP contribution in [0.15, 0.2) is 55.1 Å².